The molecule has 0 aliphatic heterocycles. The van der Waals surface area contributed by atoms with Crippen LogP contribution in [-0.4, -0.2) is 10.9 Å². The monoisotopic (exact) mass is 234 g/mol. The fourth-order valence-electron chi connectivity index (χ4n) is 1.79. The number of primary amides is 1. The summed E-state index contributed by atoms with van der Waals surface area (Å²) in [7, 11) is 0. The molecular formula is C14H22N2O. The predicted molar refractivity (Wildman–Crippen MR) is 69.9 cm³/mol. The van der Waals surface area contributed by atoms with Crippen LogP contribution in [0.15, 0.2) is 12.1 Å². The first-order chi connectivity index (χ1) is 8.08. The smallest absolute Gasteiger partial charge is 0.267 e. The average molecular weight is 234 g/mol. The van der Waals surface area contributed by atoms with Gasteiger partial charge in [0.1, 0.15) is 5.69 Å². The summed E-state index contributed by atoms with van der Waals surface area (Å²) in [6, 6.07) is 3.69. The second kappa shape index (κ2) is 6.38. The lowest BCUT2D eigenvalue weighted by atomic mass is 9.98. The Hall–Kier alpha value is -1.38. The van der Waals surface area contributed by atoms with E-state index in [2.05, 4.69) is 25.8 Å². The number of hydrogen-bond donors (Lipinski definition) is 1. The van der Waals surface area contributed by atoms with Crippen molar-refractivity contribution in [1.29, 1.82) is 0 Å². The molecule has 1 unspecified atom stereocenters. The quantitative estimate of drug-likeness (QED) is 0.822. The Bertz CT molecular complexity index is 388. The van der Waals surface area contributed by atoms with Crippen LogP contribution < -0.4 is 5.73 Å². The Kier molecular flexibility index (Phi) is 5.13. The van der Waals surface area contributed by atoms with Gasteiger partial charge in [-0.25, -0.2) is 4.98 Å². The number of nitrogens with zero attached hydrogens (tertiary/aromatic N) is 1. The molecule has 1 rings (SSSR count). The molecule has 0 radical (unpaired) electrons. The third-order valence-electron chi connectivity index (χ3n) is 3.27. The largest absolute Gasteiger partial charge is 0.364 e. The SMILES string of the molecule is CCc1ccc(C(N)=O)nc1CCC(C)CC. The summed E-state index contributed by atoms with van der Waals surface area (Å²) in [5, 5.41) is 0. The number of amides is 1. The summed E-state index contributed by atoms with van der Waals surface area (Å²) >= 11 is 0. The summed E-state index contributed by atoms with van der Waals surface area (Å²) in [6.45, 7) is 6.54. The van der Waals surface area contributed by atoms with E-state index in [1.165, 1.54) is 12.0 Å². The number of aryl methyl sites for hydroxylation is 2. The average Bonchev–Trinajstić information content (AvgIpc) is 2.35. The van der Waals surface area contributed by atoms with Crippen LogP contribution in [0.5, 0.6) is 0 Å². The van der Waals surface area contributed by atoms with Gasteiger partial charge in [0.05, 0.1) is 0 Å². The first kappa shape index (κ1) is 13.7. The third kappa shape index (κ3) is 3.84. The minimum absolute atomic E-state index is 0.376. The van der Waals surface area contributed by atoms with Crippen LogP contribution >= 0.6 is 0 Å². The Balaban J connectivity index is 2.86. The zero-order valence-electron chi connectivity index (χ0n) is 11.0. The molecule has 17 heavy (non-hydrogen) atoms. The van der Waals surface area contributed by atoms with Gasteiger partial charge in [-0.2, -0.15) is 0 Å². The number of rotatable bonds is 6. The third-order valence-corrected chi connectivity index (χ3v) is 3.27. The number of pyridine rings is 1. The molecule has 0 fully saturated rings. The van der Waals surface area contributed by atoms with E-state index in [0.29, 0.717) is 11.6 Å². The van der Waals surface area contributed by atoms with Crippen LogP contribution in [0.3, 0.4) is 0 Å². The Morgan fingerprint density at radius 3 is 2.65 bits per heavy atom. The van der Waals surface area contributed by atoms with Crippen molar-refractivity contribution < 1.29 is 4.79 Å². The van der Waals surface area contributed by atoms with Crippen molar-refractivity contribution in [2.75, 3.05) is 0 Å². The normalized spacial score (nSPS) is 12.4. The van der Waals surface area contributed by atoms with Crippen LogP contribution in [0.25, 0.3) is 0 Å². The molecule has 1 atom stereocenters. The van der Waals surface area contributed by atoms with E-state index in [0.717, 1.165) is 25.0 Å². The first-order valence-corrected chi connectivity index (χ1v) is 6.37. The maximum Gasteiger partial charge on any atom is 0.267 e. The van der Waals surface area contributed by atoms with Gasteiger partial charge < -0.3 is 5.73 Å². The summed E-state index contributed by atoms with van der Waals surface area (Å²) < 4.78 is 0. The second-order valence-electron chi connectivity index (χ2n) is 4.57. The van der Waals surface area contributed by atoms with E-state index in [9.17, 15) is 4.79 Å². The fraction of sp³-hybridized carbons (Fsp3) is 0.571. The van der Waals surface area contributed by atoms with Gasteiger partial charge in [0.15, 0.2) is 0 Å². The molecule has 2 N–H and O–H groups in total. The number of hydrogen-bond acceptors (Lipinski definition) is 2. The standard InChI is InChI=1S/C14H22N2O/c1-4-10(3)6-8-12-11(5-2)7-9-13(16-12)14(15)17/h7,9-10H,4-6,8H2,1-3H3,(H2,15,17). The predicted octanol–water partition coefficient (Wildman–Crippen LogP) is 2.72. The van der Waals surface area contributed by atoms with Crippen LogP contribution in [0.2, 0.25) is 0 Å². The van der Waals surface area contributed by atoms with Crippen LogP contribution in [0, 0.1) is 5.92 Å². The molecular weight excluding hydrogens is 212 g/mol. The van der Waals surface area contributed by atoms with E-state index in [1.54, 1.807) is 6.07 Å². The molecule has 3 heteroatoms. The maximum absolute atomic E-state index is 11.1. The number of carbonyl (C=O) groups is 1. The zero-order valence-corrected chi connectivity index (χ0v) is 11.0. The molecule has 0 aromatic carbocycles. The number of carbonyl (C=O) groups excluding carboxylic acids is 1. The summed E-state index contributed by atoms with van der Waals surface area (Å²) in [4.78, 5) is 15.5. The van der Waals surface area contributed by atoms with E-state index in [1.807, 2.05) is 6.07 Å². The van der Waals surface area contributed by atoms with Crippen molar-refractivity contribution >= 4 is 5.91 Å². The summed E-state index contributed by atoms with van der Waals surface area (Å²) in [5.41, 5.74) is 7.88. The molecule has 0 saturated carbocycles. The van der Waals surface area contributed by atoms with Crippen molar-refractivity contribution in [1.82, 2.24) is 4.98 Å². The van der Waals surface area contributed by atoms with Gasteiger partial charge in [-0.3, -0.25) is 4.79 Å². The molecule has 1 amide bonds. The molecule has 0 aliphatic carbocycles. The molecule has 1 aromatic rings. The molecule has 0 aliphatic rings. The Morgan fingerprint density at radius 1 is 1.41 bits per heavy atom. The lowest BCUT2D eigenvalue weighted by Crippen LogP contribution is -2.15. The highest BCUT2D eigenvalue weighted by Gasteiger charge is 2.09. The Morgan fingerprint density at radius 2 is 2.12 bits per heavy atom. The van der Waals surface area contributed by atoms with Gasteiger partial charge in [0, 0.05) is 5.69 Å². The van der Waals surface area contributed by atoms with Gasteiger partial charge in [0.25, 0.3) is 5.91 Å². The van der Waals surface area contributed by atoms with E-state index < -0.39 is 5.91 Å². The van der Waals surface area contributed by atoms with E-state index in [4.69, 9.17) is 5.73 Å². The highest BCUT2D eigenvalue weighted by Crippen LogP contribution is 2.15. The second-order valence-corrected chi connectivity index (χ2v) is 4.57. The van der Waals surface area contributed by atoms with Crippen molar-refractivity contribution in [2.45, 2.75) is 46.5 Å². The maximum atomic E-state index is 11.1. The summed E-state index contributed by atoms with van der Waals surface area (Å²) in [5.74, 6) is 0.246. The van der Waals surface area contributed by atoms with Gasteiger partial charge in [-0.05, 0) is 36.8 Å². The van der Waals surface area contributed by atoms with Gasteiger partial charge in [-0.15, -0.1) is 0 Å². The van der Waals surface area contributed by atoms with E-state index >= 15 is 0 Å². The molecule has 1 heterocycles. The molecule has 94 valence electrons. The van der Waals surface area contributed by atoms with Gasteiger partial charge in [0.2, 0.25) is 0 Å². The molecule has 0 bridgehead atoms. The minimum atomic E-state index is -0.447. The van der Waals surface area contributed by atoms with Crippen molar-refractivity contribution in [2.24, 2.45) is 11.7 Å². The topological polar surface area (TPSA) is 56.0 Å². The van der Waals surface area contributed by atoms with Crippen molar-refractivity contribution in [3.8, 4) is 0 Å². The summed E-state index contributed by atoms with van der Waals surface area (Å²) in [6.07, 6.45) is 4.16. The first-order valence-electron chi connectivity index (χ1n) is 6.37. The highest BCUT2D eigenvalue weighted by atomic mass is 16.1. The number of aromatic nitrogens is 1. The molecule has 0 spiro atoms. The number of nitrogens with two attached hydrogens (primary N) is 1. The van der Waals surface area contributed by atoms with Crippen LogP contribution in [0.4, 0.5) is 0 Å². The Labute approximate surface area is 103 Å². The van der Waals surface area contributed by atoms with Gasteiger partial charge in [-0.1, -0.05) is 33.3 Å². The zero-order chi connectivity index (χ0) is 12.8. The van der Waals surface area contributed by atoms with Gasteiger partial charge >= 0.3 is 0 Å². The lowest BCUT2D eigenvalue weighted by molar-refractivity contribution is 0.0995. The highest BCUT2D eigenvalue weighted by molar-refractivity contribution is 5.90. The lowest BCUT2D eigenvalue weighted by Gasteiger charge is -2.11. The van der Waals surface area contributed by atoms with Crippen LogP contribution in [0.1, 0.15) is 55.4 Å². The molecule has 1 aromatic heterocycles. The molecule has 0 saturated heterocycles. The van der Waals surface area contributed by atoms with Crippen molar-refractivity contribution in [3.05, 3.63) is 29.1 Å². The molecule has 3 nitrogen and oxygen atoms in total. The van der Waals surface area contributed by atoms with E-state index in [-0.39, 0.29) is 0 Å². The fourth-order valence-corrected chi connectivity index (χ4v) is 1.79. The minimum Gasteiger partial charge on any atom is -0.364 e. The van der Waals surface area contributed by atoms with Crippen LogP contribution in [-0.2, 0) is 12.8 Å². The van der Waals surface area contributed by atoms with Crippen molar-refractivity contribution in [3.63, 3.8) is 0 Å².